The van der Waals surface area contributed by atoms with Crippen molar-refractivity contribution in [3.8, 4) is 0 Å². The van der Waals surface area contributed by atoms with Gasteiger partial charge in [-0.15, -0.1) is 0 Å². The molecule has 7 N–H and O–H groups in total. The lowest BCUT2D eigenvalue weighted by atomic mass is 10.0. The Hall–Kier alpha value is -0.550. The van der Waals surface area contributed by atoms with E-state index >= 15 is 0 Å². The molecule has 4 unspecified atom stereocenters. The van der Waals surface area contributed by atoms with Gasteiger partial charge in [-0.25, -0.2) is 0 Å². The fourth-order valence-corrected chi connectivity index (χ4v) is 1.58. The largest absolute Gasteiger partial charge is 0.394 e. The number of hydrogen-bond acceptors (Lipinski definition) is 7. The number of aliphatic hydroxyl groups excluding tert-OH is 4. The molecular weight excluding hydrogens is 250 g/mol. The smallest absolute Gasteiger partial charge is 0.187 e. The molecule has 0 radical (unpaired) electrons. The molecule has 9 heteroatoms. The highest BCUT2D eigenvalue weighted by Gasteiger charge is 2.54. The summed E-state index contributed by atoms with van der Waals surface area (Å²) in [6.07, 6.45) is -3.68. The van der Waals surface area contributed by atoms with E-state index in [-0.39, 0.29) is 5.11 Å². The predicted molar refractivity (Wildman–Crippen MR) is 61.7 cm³/mol. The van der Waals surface area contributed by atoms with Crippen LogP contribution in [0.15, 0.2) is 0 Å². The van der Waals surface area contributed by atoms with Crippen molar-refractivity contribution in [2.75, 3.05) is 20.3 Å². The summed E-state index contributed by atoms with van der Waals surface area (Å²) in [5, 5.41) is 40.4. The molecule has 0 aliphatic carbocycles. The first-order valence-electron chi connectivity index (χ1n) is 5.01. The molecule has 100 valence electrons. The van der Waals surface area contributed by atoms with Crippen molar-refractivity contribution in [3.05, 3.63) is 0 Å². The number of hydrogen-bond donors (Lipinski definition) is 7. The van der Waals surface area contributed by atoms with Gasteiger partial charge in [0.15, 0.2) is 10.8 Å². The van der Waals surface area contributed by atoms with Crippen LogP contribution in [0.25, 0.3) is 0 Å². The molecule has 1 fully saturated rings. The van der Waals surface area contributed by atoms with E-state index in [4.69, 9.17) is 22.1 Å². The van der Waals surface area contributed by atoms with Crippen LogP contribution in [0, 0.1) is 0 Å². The maximum atomic E-state index is 9.78. The van der Waals surface area contributed by atoms with Gasteiger partial charge in [0, 0.05) is 7.05 Å². The Morgan fingerprint density at radius 2 is 2.06 bits per heavy atom. The van der Waals surface area contributed by atoms with E-state index < -0.39 is 37.3 Å². The van der Waals surface area contributed by atoms with E-state index in [2.05, 4.69) is 16.2 Å². The maximum Gasteiger partial charge on any atom is 0.187 e. The third-order valence-corrected chi connectivity index (χ3v) is 2.88. The molecule has 1 rings (SSSR count). The Morgan fingerprint density at radius 1 is 1.41 bits per heavy atom. The Balaban J connectivity index is 2.71. The van der Waals surface area contributed by atoms with Crippen LogP contribution in [-0.4, -0.2) is 69.8 Å². The molecule has 1 aliphatic heterocycles. The molecule has 8 nitrogen and oxygen atoms in total. The van der Waals surface area contributed by atoms with Crippen molar-refractivity contribution in [3.63, 3.8) is 0 Å². The van der Waals surface area contributed by atoms with Crippen molar-refractivity contribution >= 4 is 17.3 Å². The van der Waals surface area contributed by atoms with Gasteiger partial charge in [0.25, 0.3) is 0 Å². The summed E-state index contributed by atoms with van der Waals surface area (Å²) in [6.45, 7) is -1.08. The normalized spacial score (nSPS) is 36.9. The van der Waals surface area contributed by atoms with Crippen LogP contribution in [0.4, 0.5) is 0 Å². The zero-order valence-electron chi connectivity index (χ0n) is 9.25. The second kappa shape index (κ2) is 5.87. The summed E-state index contributed by atoms with van der Waals surface area (Å²) in [5.74, 6) is 0. The fraction of sp³-hybridized carbons (Fsp3) is 0.875. The summed E-state index contributed by atoms with van der Waals surface area (Å²) in [5.41, 5.74) is 3.37. The first-order valence-corrected chi connectivity index (χ1v) is 5.42. The van der Waals surface area contributed by atoms with Crippen molar-refractivity contribution in [2.24, 2.45) is 0 Å². The van der Waals surface area contributed by atoms with Gasteiger partial charge in [-0.3, -0.25) is 5.43 Å². The molecule has 4 atom stereocenters. The van der Waals surface area contributed by atoms with Crippen molar-refractivity contribution in [1.82, 2.24) is 16.2 Å². The second-order valence-electron chi connectivity index (χ2n) is 3.65. The summed E-state index contributed by atoms with van der Waals surface area (Å²) in [4.78, 5) is 0. The zero-order chi connectivity index (χ0) is 13.1. The van der Waals surface area contributed by atoms with Gasteiger partial charge in [0.05, 0.1) is 13.2 Å². The average Bonchev–Trinajstić information content (AvgIpc) is 2.60. The molecule has 1 aliphatic rings. The summed E-state index contributed by atoms with van der Waals surface area (Å²) in [6, 6.07) is 0. The highest BCUT2D eigenvalue weighted by Crippen LogP contribution is 2.28. The Labute approximate surface area is 104 Å². The summed E-state index contributed by atoms with van der Waals surface area (Å²) >= 11 is 4.80. The van der Waals surface area contributed by atoms with Gasteiger partial charge in [0.2, 0.25) is 0 Å². The van der Waals surface area contributed by atoms with Gasteiger partial charge in [-0.05, 0) is 12.2 Å². The number of nitrogens with one attached hydrogen (secondary N) is 3. The van der Waals surface area contributed by atoms with Crippen molar-refractivity contribution < 1.29 is 25.2 Å². The van der Waals surface area contributed by atoms with Gasteiger partial charge in [0.1, 0.15) is 18.3 Å². The number of hydrazine groups is 1. The molecule has 0 spiro atoms. The SMILES string of the molecule is CNC(=S)NNC1(CO)OC(CO)C(O)C1O. The quantitative estimate of drug-likeness (QED) is 0.204. The monoisotopic (exact) mass is 267 g/mol. The standard InChI is InChI=1S/C8H17N3O5S/c1-9-7(17)10-11-8(3-13)6(15)5(14)4(2-12)16-8/h4-6,11-15H,2-3H2,1H3,(H2,9,10,17). The van der Waals surface area contributed by atoms with Gasteiger partial charge < -0.3 is 30.5 Å². The third kappa shape index (κ3) is 2.83. The fourth-order valence-electron chi connectivity index (χ4n) is 1.53. The number of ether oxygens (including phenoxy) is 1. The van der Waals surface area contributed by atoms with E-state index in [1.165, 1.54) is 0 Å². The van der Waals surface area contributed by atoms with E-state index in [9.17, 15) is 15.3 Å². The molecule has 1 saturated heterocycles. The van der Waals surface area contributed by atoms with E-state index in [0.717, 1.165) is 0 Å². The van der Waals surface area contributed by atoms with Crippen LogP contribution >= 0.6 is 12.2 Å². The molecule has 0 aromatic carbocycles. The van der Waals surface area contributed by atoms with Crippen molar-refractivity contribution in [2.45, 2.75) is 24.0 Å². The topological polar surface area (TPSA) is 126 Å². The van der Waals surface area contributed by atoms with Crippen LogP contribution in [0.5, 0.6) is 0 Å². The molecule has 0 saturated carbocycles. The second-order valence-corrected chi connectivity index (χ2v) is 4.06. The van der Waals surface area contributed by atoms with Crippen LogP contribution in [0.1, 0.15) is 0 Å². The van der Waals surface area contributed by atoms with Crippen LogP contribution in [-0.2, 0) is 4.74 Å². The molecule has 0 aromatic heterocycles. The molecule has 17 heavy (non-hydrogen) atoms. The van der Waals surface area contributed by atoms with E-state index in [1.54, 1.807) is 7.05 Å². The van der Waals surface area contributed by atoms with Crippen LogP contribution < -0.4 is 16.2 Å². The Bertz CT molecular complexity index is 282. The molecular formula is C8H17N3O5S. The maximum absolute atomic E-state index is 9.78. The van der Waals surface area contributed by atoms with Gasteiger partial charge in [-0.1, -0.05) is 0 Å². The lowest BCUT2D eigenvalue weighted by Crippen LogP contribution is -2.63. The molecule has 0 amide bonds. The first kappa shape index (κ1) is 14.5. The number of thiocarbonyl (C=S) groups is 1. The molecule has 1 heterocycles. The highest BCUT2D eigenvalue weighted by molar-refractivity contribution is 7.80. The molecule has 0 bridgehead atoms. The first-order chi connectivity index (χ1) is 8.00. The van der Waals surface area contributed by atoms with Gasteiger partial charge in [-0.2, -0.15) is 5.43 Å². The minimum absolute atomic E-state index is 0.218. The van der Waals surface area contributed by atoms with E-state index in [1.807, 2.05) is 0 Å². The number of aliphatic hydroxyl groups is 4. The zero-order valence-corrected chi connectivity index (χ0v) is 10.1. The summed E-state index contributed by atoms with van der Waals surface area (Å²) in [7, 11) is 1.58. The minimum atomic E-state index is -1.62. The number of rotatable bonds is 4. The van der Waals surface area contributed by atoms with Crippen LogP contribution in [0.3, 0.4) is 0 Å². The third-order valence-electron chi connectivity index (χ3n) is 2.57. The van der Waals surface area contributed by atoms with Crippen molar-refractivity contribution in [1.29, 1.82) is 0 Å². The van der Waals surface area contributed by atoms with E-state index in [0.29, 0.717) is 0 Å². The van der Waals surface area contributed by atoms with Crippen LogP contribution in [0.2, 0.25) is 0 Å². The average molecular weight is 267 g/mol. The minimum Gasteiger partial charge on any atom is -0.394 e. The highest BCUT2D eigenvalue weighted by atomic mass is 32.1. The predicted octanol–water partition coefficient (Wildman–Crippen LogP) is -3.61. The lowest BCUT2D eigenvalue weighted by Gasteiger charge is -2.31. The lowest BCUT2D eigenvalue weighted by molar-refractivity contribution is -0.142. The van der Waals surface area contributed by atoms with Gasteiger partial charge >= 0.3 is 0 Å². The Kier molecular flexibility index (Phi) is 5.01. The summed E-state index contributed by atoms with van der Waals surface area (Å²) < 4.78 is 5.21. The Morgan fingerprint density at radius 3 is 2.47 bits per heavy atom. The molecule has 0 aromatic rings.